The molecule has 1 aromatic heterocycles. The zero-order chi connectivity index (χ0) is 15.2. The van der Waals surface area contributed by atoms with Crippen LogP contribution in [0.4, 0.5) is 0 Å². The van der Waals surface area contributed by atoms with Crippen LogP contribution < -0.4 is 0 Å². The predicted octanol–water partition coefficient (Wildman–Crippen LogP) is 1.97. The van der Waals surface area contributed by atoms with Gasteiger partial charge in [-0.3, -0.25) is 14.6 Å². The Morgan fingerprint density at radius 1 is 1.25 bits per heavy atom. The van der Waals surface area contributed by atoms with E-state index in [0.29, 0.717) is 6.54 Å². The summed E-state index contributed by atoms with van der Waals surface area (Å²) in [4.78, 5) is 28.4. The van der Waals surface area contributed by atoms with Crippen molar-refractivity contribution in [2.75, 3.05) is 13.6 Å². The van der Waals surface area contributed by atoms with Crippen LogP contribution in [0.3, 0.4) is 0 Å². The third-order valence-corrected chi connectivity index (χ3v) is 3.17. The summed E-state index contributed by atoms with van der Waals surface area (Å²) >= 11 is 0. The number of carbonyl (C=O) groups is 2. The van der Waals surface area contributed by atoms with Crippen molar-refractivity contribution in [3.8, 4) is 0 Å². The maximum absolute atomic E-state index is 12.1. The summed E-state index contributed by atoms with van der Waals surface area (Å²) in [6.07, 6.45) is 4.47. The molecular formula is C15H22N2O3. The molecular weight excluding hydrogens is 256 g/mol. The fourth-order valence-electron chi connectivity index (χ4n) is 1.99. The molecule has 1 heterocycles. The lowest BCUT2D eigenvalue weighted by Gasteiger charge is -2.25. The number of pyridine rings is 1. The normalized spacial score (nSPS) is 11.2. The number of likely N-dealkylation sites (N-methyl/N-ethyl adjacent to an activating group) is 1. The van der Waals surface area contributed by atoms with Gasteiger partial charge in [-0.05, 0) is 29.5 Å². The van der Waals surface area contributed by atoms with Crippen LogP contribution in [-0.2, 0) is 16.0 Å². The minimum atomic E-state index is -0.873. The van der Waals surface area contributed by atoms with Crippen molar-refractivity contribution < 1.29 is 14.7 Å². The number of hydrogen-bond donors (Lipinski definition) is 1. The molecule has 0 atom stereocenters. The quantitative estimate of drug-likeness (QED) is 0.828. The van der Waals surface area contributed by atoms with Crippen molar-refractivity contribution in [2.45, 2.75) is 33.1 Å². The van der Waals surface area contributed by atoms with Gasteiger partial charge in [-0.2, -0.15) is 0 Å². The molecule has 1 N–H and O–H groups in total. The highest BCUT2D eigenvalue weighted by molar-refractivity contribution is 5.77. The second-order valence-electron chi connectivity index (χ2n) is 5.83. The van der Waals surface area contributed by atoms with Gasteiger partial charge in [0.2, 0.25) is 5.91 Å². The standard InChI is InChI=1S/C15H22N2O3/c1-15(2,11-14(19)20)10-13(18)17(3)9-6-12-4-7-16-8-5-12/h4-5,7-8H,6,9-11H2,1-3H3,(H,19,20). The van der Waals surface area contributed by atoms with Gasteiger partial charge in [0.1, 0.15) is 0 Å². The second-order valence-corrected chi connectivity index (χ2v) is 5.83. The molecule has 5 nitrogen and oxygen atoms in total. The van der Waals surface area contributed by atoms with Gasteiger partial charge in [0.15, 0.2) is 0 Å². The summed E-state index contributed by atoms with van der Waals surface area (Å²) in [6, 6.07) is 3.85. The van der Waals surface area contributed by atoms with Crippen LogP contribution in [-0.4, -0.2) is 40.5 Å². The van der Waals surface area contributed by atoms with E-state index >= 15 is 0 Å². The SMILES string of the molecule is CN(CCc1ccncc1)C(=O)CC(C)(C)CC(=O)O. The number of nitrogens with zero attached hydrogens (tertiary/aromatic N) is 2. The highest BCUT2D eigenvalue weighted by atomic mass is 16.4. The van der Waals surface area contributed by atoms with Crippen LogP contribution in [0.15, 0.2) is 24.5 Å². The van der Waals surface area contributed by atoms with E-state index in [1.807, 2.05) is 12.1 Å². The van der Waals surface area contributed by atoms with Crippen LogP contribution in [0, 0.1) is 5.41 Å². The number of amides is 1. The van der Waals surface area contributed by atoms with Crippen LogP contribution in [0.2, 0.25) is 0 Å². The molecule has 0 aliphatic heterocycles. The van der Waals surface area contributed by atoms with Crippen LogP contribution >= 0.6 is 0 Å². The summed E-state index contributed by atoms with van der Waals surface area (Å²) < 4.78 is 0. The Bertz CT molecular complexity index is 457. The van der Waals surface area contributed by atoms with Gasteiger partial charge in [0.05, 0.1) is 6.42 Å². The Labute approximate surface area is 119 Å². The largest absolute Gasteiger partial charge is 0.481 e. The molecule has 0 fully saturated rings. The first-order chi connectivity index (χ1) is 9.30. The van der Waals surface area contributed by atoms with Gasteiger partial charge in [-0.15, -0.1) is 0 Å². The highest BCUT2D eigenvalue weighted by Crippen LogP contribution is 2.25. The Hall–Kier alpha value is -1.91. The molecule has 5 heteroatoms. The lowest BCUT2D eigenvalue weighted by Crippen LogP contribution is -2.33. The van der Waals surface area contributed by atoms with E-state index in [0.717, 1.165) is 12.0 Å². The molecule has 0 aromatic carbocycles. The van der Waals surface area contributed by atoms with Gasteiger partial charge in [0.25, 0.3) is 0 Å². The van der Waals surface area contributed by atoms with E-state index in [4.69, 9.17) is 5.11 Å². The zero-order valence-corrected chi connectivity index (χ0v) is 12.3. The van der Waals surface area contributed by atoms with Gasteiger partial charge in [-0.1, -0.05) is 13.8 Å². The predicted molar refractivity (Wildman–Crippen MR) is 76.2 cm³/mol. The maximum Gasteiger partial charge on any atom is 0.303 e. The summed E-state index contributed by atoms with van der Waals surface area (Å²) in [5.74, 6) is -0.896. The first-order valence-electron chi connectivity index (χ1n) is 6.65. The minimum Gasteiger partial charge on any atom is -0.481 e. The van der Waals surface area contributed by atoms with Crippen LogP contribution in [0.25, 0.3) is 0 Å². The molecule has 110 valence electrons. The van der Waals surface area contributed by atoms with E-state index in [2.05, 4.69) is 4.98 Å². The van der Waals surface area contributed by atoms with Crippen LogP contribution in [0.1, 0.15) is 32.3 Å². The number of carboxylic acid groups (broad SMARTS) is 1. The maximum atomic E-state index is 12.1. The number of aromatic nitrogens is 1. The topological polar surface area (TPSA) is 70.5 Å². The Balaban J connectivity index is 2.45. The summed E-state index contributed by atoms with van der Waals surface area (Å²) in [7, 11) is 1.75. The lowest BCUT2D eigenvalue weighted by atomic mass is 9.85. The lowest BCUT2D eigenvalue weighted by molar-refractivity contribution is -0.140. The zero-order valence-electron chi connectivity index (χ0n) is 12.3. The summed E-state index contributed by atoms with van der Waals surface area (Å²) in [6.45, 7) is 4.22. The fourth-order valence-corrected chi connectivity index (χ4v) is 1.99. The molecule has 1 amide bonds. The molecule has 0 aliphatic carbocycles. The monoisotopic (exact) mass is 278 g/mol. The average molecular weight is 278 g/mol. The van der Waals surface area contributed by atoms with E-state index in [-0.39, 0.29) is 18.7 Å². The van der Waals surface area contributed by atoms with Gasteiger partial charge in [-0.25, -0.2) is 0 Å². The van der Waals surface area contributed by atoms with Crippen LogP contribution in [0.5, 0.6) is 0 Å². The van der Waals surface area contributed by atoms with Crippen molar-refractivity contribution in [1.29, 1.82) is 0 Å². The van der Waals surface area contributed by atoms with Crippen molar-refractivity contribution in [3.05, 3.63) is 30.1 Å². The van der Waals surface area contributed by atoms with Crippen molar-refractivity contribution >= 4 is 11.9 Å². The van der Waals surface area contributed by atoms with E-state index in [1.165, 1.54) is 0 Å². The van der Waals surface area contributed by atoms with Crippen molar-refractivity contribution in [2.24, 2.45) is 5.41 Å². The molecule has 1 rings (SSSR count). The first kappa shape index (κ1) is 16.1. The Morgan fingerprint density at radius 2 is 1.85 bits per heavy atom. The molecule has 0 saturated carbocycles. The summed E-state index contributed by atoms with van der Waals surface area (Å²) in [5, 5.41) is 8.82. The number of hydrogen-bond acceptors (Lipinski definition) is 3. The van der Waals surface area contributed by atoms with Crippen molar-refractivity contribution in [1.82, 2.24) is 9.88 Å². The molecule has 0 aliphatic rings. The van der Waals surface area contributed by atoms with Gasteiger partial charge in [0, 0.05) is 32.4 Å². The molecule has 1 aromatic rings. The minimum absolute atomic E-state index is 0.00304. The van der Waals surface area contributed by atoms with Crippen molar-refractivity contribution in [3.63, 3.8) is 0 Å². The molecule has 0 saturated heterocycles. The third kappa shape index (κ3) is 5.82. The average Bonchev–Trinajstić information content (AvgIpc) is 2.34. The fraction of sp³-hybridized carbons (Fsp3) is 0.533. The van der Waals surface area contributed by atoms with E-state index in [9.17, 15) is 9.59 Å². The molecule has 0 bridgehead atoms. The Morgan fingerprint density at radius 3 is 2.40 bits per heavy atom. The number of rotatable bonds is 7. The molecule has 0 radical (unpaired) electrons. The third-order valence-electron chi connectivity index (χ3n) is 3.17. The molecule has 20 heavy (non-hydrogen) atoms. The number of carbonyl (C=O) groups excluding carboxylic acids is 1. The highest BCUT2D eigenvalue weighted by Gasteiger charge is 2.26. The van der Waals surface area contributed by atoms with Gasteiger partial charge >= 0.3 is 5.97 Å². The Kier molecular flexibility index (Phi) is 5.67. The molecule has 0 unspecified atom stereocenters. The first-order valence-corrected chi connectivity index (χ1v) is 6.65. The van der Waals surface area contributed by atoms with Gasteiger partial charge < -0.3 is 10.0 Å². The van der Waals surface area contributed by atoms with E-state index < -0.39 is 11.4 Å². The number of carboxylic acids is 1. The summed E-state index contributed by atoms with van der Waals surface area (Å²) in [5.41, 5.74) is 0.609. The van der Waals surface area contributed by atoms with E-state index in [1.54, 1.807) is 38.2 Å². The smallest absolute Gasteiger partial charge is 0.303 e. The molecule has 0 spiro atoms. The number of aliphatic carboxylic acids is 1. The second kappa shape index (κ2) is 7.03.